The number of hydrogen-bond acceptors (Lipinski definition) is 4. The number of carbonyl (C=O) groups excluding carboxylic acids is 1. The topological polar surface area (TPSA) is 78.0 Å². The number of rotatable bonds is 5. The molecule has 0 radical (unpaired) electrons. The highest BCUT2D eigenvalue weighted by molar-refractivity contribution is 7.99. The number of carbonyl (C=O) groups is 1. The fourth-order valence-electron chi connectivity index (χ4n) is 2.89. The molecule has 2 aromatic rings. The third kappa shape index (κ3) is 4.01. The van der Waals surface area contributed by atoms with Crippen molar-refractivity contribution < 1.29 is 9.90 Å². The third-order valence-electron chi connectivity index (χ3n) is 4.05. The molecule has 1 amide bonds. The molecule has 3 N–H and O–H groups in total. The van der Waals surface area contributed by atoms with Gasteiger partial charge in [0.25, 0.3) is 0 Å². The van der Waals surface area contributed by atoms with Gasteiger partial charge < -0.3 is 15.4 Å². The summed E-state index contributed by atoms with van der Waals surface area (Å²) in [5.41, 5.74) is 1.91. The van der Waals surface area contributed by atoms with Crippen molar-refractivity contribution in [1.82, 2.24) is 15.3 Å². The Bertz CT molecular complexity index is 610. The summed E-state index contributed by atoms with van der Waals surface area (Å²) in [4.78, 5) is 19.6. The van der Waals surface area contributed by atoms with Gasteiger partial charge in [-0.3, -0.25) is 4.79 Å². The number of aromatic nitrogens is 2. The van der Waals surface area contributed by atoms with Crippen LogP contribution < -0.4 is 5.32 Å². The number of fused-ring (bicyclic) bond motifs is 1. The van der Waals surface area contributed by atoms with Gasteiger partial charge in [0.2, 0.25) is 5.91 Å². The minimum atomic E-state index is -0.194. The molecule has 1 aromatic carbocycles. The van der Waals surface area contributed by atoms with Crippen LogP contribution >= 0.6 is 11.8 Å². The molecule has 0 bridgehead atoms. The first-order chi connectivity index (χ1) is 10.7. The highest BCUT2D eigenvalue weighted by atomic mass is 32.2. The first kappa shape index (κ1) is 15.4. The Kier molecular flexibility index (Phi) is 5.00. The van der Waals surface area contributed by atoms with E-state index in [9.17, 15) is 9.90 Å². The zero-order valence-electron chi connectivity index (χ0n) is 12.4. The van der Waals surface area contributed by atoms with Crippen molar-refractivity contribution in [2.24, 2.45) is 5.92 Å². The highest BCUT2D eigenvalue weighted by Gasteiger charge is 2.20. The van der Waals surface area contributed by atoms with Crippen LogP contribution in [0.1, 0.15) is 25.7 Å². The van der Waals surface area contributed by atoms with Gasteiger partial charge >= 0.3 is 0 Å². The van der Waals surface area contributed by atoms with Crippen molar-refractivity contribution in [1.29, 1.82) is 0 Å². The first-order valence-corrected chi connectivity index (χ1v) is 8.71. The summed E-state index contributed by atoms with van der Waals surface area (Å²) in [5, 5.41) is 13.4. The van der Waals surface area contributed by atoms with Crippen molar-refractivity contribution in [2.45, 2.75) is 36.9 Å². The molecule has 6 heteroatoms. The second-order valence-electron chi connectivity index (χ2n) is 5.84. The number of imidazole rings is 1. The standard InChI is InChI=1S/C16H21N3O2S/c20-12-5-3-4-11(8-12)9-17-15(21)10-22-16-18-13-6-1-2-7-14(13)19-16/h1-2,6-7,11-12,20H,3-5,8-10H2,(H,17,21)(H,18,19). The van der Waals surface area contributed by atoms with Gasteiger partial charge in [-0.25, -0.2) is 4.98 Å². The minimum absolute atomic E-state index is 0.0190. The number of nitrogens with zero attached hydrogens (tertiary/aromatic N) is 1. The zero-order chi connectivity index (χ0) is 15.4. The Morgan fingerprint density at radius 2 is 2.27 bits per heavy atom. The summed E-state index contributed by atoms with van der Waals surface area (Å²) in [7, 11) is 0. The number of aliphatic hydroxyl groups is 1. The van der Waals surface area contributed by atoms with E-state index in [0.29, 0.717) is 18.2 Å². The van der Waals surface area contributed by atoms with Crippen LogP contribution in [0.5, 0.6) is 0 Å². The Balaban J connectivity index is 1.44. The van der Waals surface area contributed by atoms with E-state index in [1.54, 1.807) is 0 Å². The lowest BCUT2D eigenvalue weighted by Crippen LogP contribution is -2.33. The van der Waals surface area contributed by atoms with E-state index in [1.807, 2.05) is 24.3 Å². The Morgan fingerprint density at radius 1 is 1.41 bits per heavy atom. The van der Waals surface area contributed by atoms with Crippen LogP contribution in [-0.4, -0.2) is 39.4 Å². The van der Waals surface area contributed by atoms with E-state index >= 15 is 0 Å². The molecule has 0 spiro atoms. The summed E-state index contributed by atoms with van der Waals surface area (Å²) >= 11 is 1.41. The van der Waals surface area contributed by atoms with Crippen LogP contribution in [0.15, 0.2) is 29.4 Å². The molecule has 3 rings (SSSR count). The van der Waals surface area contributed by atoms with Crippen LogP contribution in [0.3, 0.4) is 0 Å². The number of benzene rings is 1. The smallest absolute Gasteiger partial charge is 0.230 e. The highest BCUT2D eigenvalue weighted by Crippen LogP contribution is 2.23. The van der Waals surface area contributed by atoms with Gasteiger partial charge in [-0.15, -0.1) is 0 Å². The number of hydrogen-bond donors (Lipinski definition) is 3. The second kappa shape index (κ2) is 7.15. The number of H-pyrrole nitrogens is 1. The Labute approximate surface area is 133 Å². The summed E-state index contributed by atoms with van der Waals surface area (Å²) in [6.07, 6.45) is 3.65. The lowest BCUT2D eigenvalue weighted by molar-refractivity contribution is -0.118. The van der Waals surface area contributed by atoms with E-state index in [-0.39, 0.29) is 12.0 Å². The summed E-state index contributed by atoms with van der Waals surface area (Å²) in [6, 6.07) is 7.83. The molecular formula is C16H21N3O2S. The molecule has 2 atom stereocenters. The van der Waals surface area contributed by atoms with Crippen LogP contribution in [0.4, 0.5) is 0 Å². The van der Waals surface area contributed by atoms with E-state index in [1.165, 1.54) is 11.8 Å². The summed E-state index contributed by atoms with van der Waals surface area (Å²) in [5.74, 6) is 0.782. The predicted molar refractivity (Wildman–Crippen MR) is 87.8 cm³/mol. The molecule has 1 aromatic heterocycles. The maximum Gasteiger partial charge on any atom is 0.230 e. The van der Waals surface area contributed by atoms with E-state index in [4.69, 9.17) is 0 Å². The van der Waals surface area contributed by atoms with Crippen molar-refractivity contribution in [3.05, 3.63) is 24.3 Å². The molecule has 22 heavy (non-hydrogen) atoms. The molecule has 1 aliphatic carbocycles. The summed E-state index contributed by atoms with van der Waals surface area (Å²) in [6.45, 7) is 0.663. The average molecular weight is 319 g/mol. The van der Waals surface area contributed by atoms with Crippen LogP contribution in [0, 0.1) is 5.92 Å². The van der Waals surface area contributed by atoms with Gasteiger partial charge in [0.05, 0.1) is 22.9 Å². The van der Waals surface area contributed by atoms with Crippen molar-refractivity contribution in [3.63, 3.8) is 0 Å². The summed E-state index contributed by atoms with van der Waals surface area (Å²) < 4.78 is 0. The zero-order valence-corrected chi connectivity index (χ0v) is 13.2. The SMILES string of the molecule is O=C(CSc1nc2ccccc2[nH]1)NCC1CCCC(O)C1. The average Bonchev–Trinajstić information content (AvgIpc) is 2.94. The van der Waals surface area contributed by atoms with E-state index in [2.05, 4.69) is 15.3 Å². The van der Waals surface area contributed by atoms with Gasteiger partial charge in [-0.1, -0.05) is 30.3 Å². The van der Waals surface area contributed by atoms with Crippen LogP contribution in [0.25, 0.3) is 11.0 Å². The molecule has 1 heterocycles. The maximum atomic E-state index is 11.9. The predicted octanol–water partition coefficient (Wildman–Crippen LogP) is 2.32. The minimum Gasteiger partial charge on any atom is -0.393 e. The normalized spacial score (nSPS) is 21.9. The third-order valence-corrected chi connectivity index (χ3v) is 4.92. The number of aliphatic hydroxyl groups excluding tert-OH is 1. The van der Waals surface area contributed by atoms with Gasteiger partial charge in [-0.05, 0) is 37.3 Å². The van der Waals surface area contributed by atoms with Crippen LogP contribution in [-0.2, 0) is 4.79 Å². The first-order valence-electron chi connectivity index (χ1n) is 7.73. The molecule has 1 aliphatic rings. The number of amides is 1. The van der Waals surface area contributed by atoms with E-state index in [0.717, 1.165) is 41.9 Å². The van der Waals surface area contributed by atoms with Gasteiger partial charge in [0, 0.05) is 6.54 Å². The molecule has 0 aliphatic heterocycles. The Morgan fingerprint density at radius 3 is 3.09 bits per heavy atom. The van der Waals surface area contributed by atoms with Gasteiger partial charge in [0.1, 0.15) is 0 Å². The van der Waals surface area contributed by atoms with E-state index < -0.39 is 0 Å². The van der Waals surface area contributed by atoms with Crippen molar-refractivity contribution in [3.8, 4) is 0 Å². The fourth-order valence-corrected chi connectivity index (χ4v) is 3.60. The quantitative estimate of drug-likeness (QED) is 0.739. The lowest BCUT2D eigenvalue weighted by atomic mass is 9.87. The fraction of sp³-hybridized carbons (Fsp3) is 0.500. The molecule has 1 saturated carbocycles. The van der Waals surface area contributed by atoms with Crippen molar-refractivity contribution >= 4 is 28.7 Å². The largest absolute Gasteiger partial charge is 0.393 e. The maximum absolute atomic E-state index is 11.9. The molecule has 0 saturated heterocycles. The number of aromatic amines is 1. The van der Waals surface area contributed by atoms with Gasteiger partial charge in [-0.2, -0.15) is 0 Å². The molecule has 118 valence electrons. The molecular weight excluding hydrogens is 298 g/mol. The Hall–Kier alpha value is -1.53. The number of nitrogens with one attached hydrogen (secondary N) is 2. The van der Waals surface area contributed by atoms with Gasteiger partial charge in [0.15, 0.2) is 5.16 Å². The molecule has 2 unspecified atom stereocenters. The van der Waals surface area contributed by atoms with Crippen molar-refractivity contribution in [2.75, 3.05) is 12.3 Å². The molecule has 5 nitrogen and oxygen atoms in total. The second-order valence-corrected chi connectivity index (χ2v) is 6.80. The number of para-hydroxylation sites is 2. The monoisotopic (exact) mass is 319 g/mol. The number of thioether (sulfide) groups is 1. The van der Waals surface area contributed by atoms with Crippen LogP contribution in [0.2, 0.25) is 0 Å². The molecule has 1 fully saturated rings. The lowest BCUT2D eigenvalue weighted by Gasteiger charge is -2.25.